The zero-order valence-electron chi connectivity index (χ0n) is 9.33. The normalized spacial score (nSPS) is 11.1. The van der Waals surface area contributed by atoms with Gasteiger partial charge < -0.3 is 10.0 Å². The van der Waals surface area contributed by atoms with Gasteiger partial charge in [0.1, 0.15) is 5.41 Å². The number of aliphatic carboxylic acids is 1. The number of carbonyl (C=O) groups excluding carboxylic acids is 1. The van der Waals surface area contributed by atoms with Gasteiger partial charge in [-0.05, 0) is 27.2 Å². The summed E-state index contributed by atoms with van der Waals surface area (Å²) in [6, 6.07) is 0. The Balaban J connectivity index is 4.64. The standard InChI is InChI=1S/C10H19NO3/c1-5-7-11(6-2)8(12)10(3,4)9(13)14/h5-7H2,1-4H3,(H,13,14). The predicted octanol–water partition coefficient (Wildman–Crippen LogP) is 1.36. The average Bonchev–Trinajstić information content (AvgIpc) is 2.12. The molecule has 0 rings (SSSR count). The lowest BCUT2D eigenvalue weighted by molar-refractivity contribution is -0.158. The van der Waals surface area contributed by atoms with Crippen LogP contribution in [0.15, 0.2) is 0 Å². The van der Waals surface area contributed by atoms with Crippen LogP contribution in [-0.4, -0.2) is 35.0 Å². The molecular weight excluding hydrogens is 182 g/mol. The van der Waals surface area contributed by atoms with Crippen molar-refractivity contribution in [3.05, 3.63) is 0 Å². The van der Waals surface area contributed by atoms with Gasteiger partial charge in [0.05, 0.1) is 0 Å². The lowest BCUT2D eigenvalue weighted by atomic mass is 9.92. The zero-order valence-corrected chi connectivity index (χ0v) is 9.33. The highest BCUT2D eigenvalue weighted by molar-refractivity contribution is 6.00. The second-order valence-electron chi connectivity index (χ2n) is 3.81. The molecule has 0 aliphatic heterocycles. The van der Waals surface area contributed by atoms with Gasteiger partial charge in [0.25, 0.3) is 0 Å². The maximum Gasteiger partial charge on any atom is 0.318 e. The van der Waals surface area contributed by atoms with E-state index < -0.39 is 11.4 Å². The van der Waals surface area contributed by atoms with Crippen molar-refractivity contribution < 1.29 is 14.7 Å². The summed E-state index contributed by atoms with van der Waals surface area (Å²) in [5.41, 5.74) is -1.31. The second kappa shape index (κ2) is 4.98. The Morgan fingerprint density at radius 3 is 2.07 bits per heavy atom. The Labute approximate surface area is 84.9 Å². The molecule has 0 bridgehead atoms. The van der Waals surface area contributed by atoms with Crippen LogP contribution in [0.4, 0.5) is 0 Å². The number of carboxylic acids is 1. The third-order valence-corrected chi connectivity index (χ3v) is 2.23. The van der Waals surface area contributed by atoms with Crippen molar-refractivity contribution in [1.82, 2.24) is 4.90 Å². The first kappa shape index (κ1) is 12.9. The molecule has 4 heteroatoms. The average molecular weight is 201 g/mol. The monoisotopic (exact) mass is 201 g/mol. The van der Waals surface area contributed by atoms with Gasteiger partial charge in [-0.25, -0.2) is 0 Å². The second-order valence-corrected chi connectivity index (χ2v) is 3.81. The first-order valence-electron chi connectivity index (χ1n) is 4.90. The number of nitrogens with zero attached hydrogens (tertiary/aromatic N) is 1. The predicted molar refractivity (Wildman–Crippen MR) is 54.0 cm³/mol. The van der Waals surface area contributed by atoms with E-state index in [-0.39, 0.29) is 5.91 Å². The maximum absolute atomic E-state index is 11.8. The van der Waals surface area contributed by atoms with Crippen molar-refractivity contribution in [1.29, 1.82) is 0 Å². The van der Waals surface area contributed by atoms with Gasteiger partial charge in [-0.2, -0.15) is 0 Å². The summed E-state index contributed by atoms with van der Waals surface area (Å²) in [5.74, 6) is -1.38. The van der Waals surface area contributed by atoms with Crippen molar-refractivity contribution >= 4 is 11.9 Å². The molecule has 0 aliphatic rings. The van der Waals surface area contributed by atoms with Gasteiger partial charge in [0.15, 0.2) is 0 Å². The van der Waals surface area contributed by atoms with E-state index in [0.29, 0.717) is 13.1 Å². The van der Waals surface area contributed by atoms with Crippen LogP contribution >= 0.6 is 0 Å². The first-order chi connectivity index (χ1) is 6.37. The molecule has 0 radical (unpaired) electrons. The fourth-order valence-corrected chi connectivity index (χ4v) is 1.16. The molecule has 0 aromatic rings. The van der Waals surface area contributed by atoms with Crippen LogP contribution in [0.25, 0.3) is 0 Å². The molecule has 0 spiro atoms. The molecule has 0 atom stereocenters. The molecule has 0 saturated heterocycles. The summed E-state index contributed by atoms with van der Waals surface area (Å²) in [7, 11) is 0. The number of amides is 1. The smallest absolute Gasteiger partial charge is 0.318 e. The van der Waals surface area contributed by atoms with Crippen molar-refractivity contribution in [2.24, 2.45) is 5.41 Å². The van der Waals surface area contributed by atoms with Crippen LogP contribution in [0.3, 0.4) is 0 Å². The number of rotatable bonds is 5. The molecule has 4 nitrogen and oxygen atoms in total. The number of carbonyl (C=O) groups is 2. The summed E-state index contributed by atoms with van der Waals surface area (Å²) in [6.45, 7) is 7.87. The minimum Gasteiger partial charge on any atom is -0.480 e. The van der Waals surface area contributed by atoms with Gasteiger partial charge in [-0.3, -0.25) is 9.59 Å². The van der Waals surface area contributed by atoms with Crippen LogP contribution in [0.1, 0.15) is 34.1 Å². The molecule has 0 fully saturated rings. The quantitative estimate of drug-likeness (QED) is 0.683. The van der Waals surface area contributed by atoms with Crippen molar-refractivity contribution in [2.75, 3.05) is 13.1 Å². The van der Waals surface area contributed by atoms with Crippen molar-refractivity contribution in [3.63, 3.8) is 0 Å². The van der Waals surface area contributed by atoms with Crippen LogP contribution in [0.5, 0.6) is 0 Å². The Kier molecular flexibility index (Phi) is 4.60. The van der Waals surface area contributed by atoms with E-state index >= 15 is 0 Å². The van der Waals surface area contributed by atoms with E-state index in [0.717, 1.165) is 6.42 Å². The zero-order chi connectivity index (χ0) is 11.4. The van der Waals surface area contributed by atoms with Crippen LogP contribution in [-0.2, 0) is 9.59 Å². The lowest BCUT2D eigenvalue weighted by Crippen LogP contribution is -2.45. The molecule has 1 amide bonds. The highest BCUT2D eigenvalue weighted by atomic mass is 16.4. The minimum absolute atomic E-state index is 0.311. The summed E-state index contributed by atoms with van der Waals surface area (Å²) in [4.78, 5) is 24.2. The number of hydrogen-bond acceptors (Lipinski definition) is 2. The molecule has 1 N–H and O–H groups in total. The minimum atomic E-state index is -1.31. The highest BCUT2D eigenvalue weighted by Gasteiger charge is 2.38. The molecule has 0 heterocycles. The lowest BCUT2D eigenvalue weighted by Gasteiger charge is -2.27. The third-order valence-electron chi connectivity index (χ3n) is 2.23. The van der Waals surface area contributed by atoms with E-state index in [4.69, 9.17) is 5.11 Å². The van der Waals surface area contributed by atoms with Gasteiger partial charge in [0.2, 0.25) is 5.91 Å². The molecule has 0 saturated carbocycles. The summed E-state index contributed by atoms with van der Waals surface area (Å²) in [5, 5.41) is 8.88. The van der Waals surface area contributed by atoms with Crippen LogP contribution in [0, 0.1) is 5.41 Å². The van der Waals surface area contributed by atoms with E-state index in [1.165, 1.54) is 13.8 Å². The highest BCUT2D eigenvalue weighted by Crippen LogP contribution is 2.19. The van der Waals surface area contributed by atoms with E-state index in [1.807, 2.05) is 13.8 Å². The summed E-state index contributed by atoms with van der Waals surface area (Å²) >= 11 is 0. The van der Waals surface area contributed by atoms with Crippen molar-refractivity contribution in [2.45, 2.75) is 34.1 Å². The molecule has 14 heavy (non-hydrogen) atoms. The molecule has 0 aliphatic carbocycles. The summed E-state index contributed by atoms with van der Waals surface area (Å²) in [6.07, 6.45) is 0.843. The fraction of sp³-hybridized carbons (Fsp3) is 0.800. The van der Waals surface area contributed by atoms with E-state index in [1.54, 1.807) is 4.90 Å². The Hall–Kier alpha value is -1.06. The SMILES string of the molecule is CCCN(CC)C(=O)C(C)(C)C(=O)O. The Morgan fingerprint density at radius 1 is 1.29 bits per heavy atom. The van der Waals surface area contributed by atoms with Gasteiger partial charge >= 0.3 is 5.97 Å². The molecule has 0 unspecified atom stereocenters. The molecule has 0 aromatic heterocycles. The molecule has 0 aromatic carbocycles. The van der Waals surface area contributed by atoms with Crippen LogP contribution < -0.4 is 0 Å². The van der Waals surface area contributed by atoms with Gasteiger partial charge in [-0.15, -0.1) is 0 Å². The molecule has 82 valence electrons. The van der Waals surface area contributed by atoms with Crippen LogP contribution in [0.2, 0.25) is 0 Å². The molecular formula is C10H19NO3. The first-order valence-corrected chi connectivity index (χ1v) is 4.90. The number of hydrogen-bond donors (Lipinski definition) is 1. The third kappa shape index (κ3) is 2.72. The maximum atomic E-state index is 11.8. The fourth-order valence-electron chi connectivity index (χ4n) is 1.16. The largest absolute Gasteiger partial charge is 0.480 e. The topological polar surface area (TPSA) is 57.6 Å². The van der Waals surface area contributed by atoms with E-state index in [9.17, 15) is 9.59 Å². The van der Waals surface area contributed by atoms with Crippen molar-refractivity contribution in [3.8, 4) is 0 Å². The Morgan fingerprint density at radius 2 is 1.79 bits per heavy atom. The summed E-state index contributed by atoms with van der Waals surface area (Å²) < 4.78 is 0. The van der Waals surface area contributed by atoms with Gasteiger partial charge in [0, 0.05) is 13.1 Å². The van der Waals surface area contributed by atoms with Gasteiger partial charge in [-0.1, -0.05) is 6.92 Å². The number of carboxylic acid groups (broad SMARTS) is 1. The van der Waals surface area contributed by atoms with E-state index in [2.05, 4.69) is 0 Å². The Bertz CT molecular complexity index is 223.